The van der Waals surface area contributed by atoms with Crippen LogP contribution in [0.3, 0.4) is 0 Å². The van der Waals surface area contributed by atoms with E-state index in [4.69, 9.17) is 4.74 Å². The number of nitrogens with zero attached hydrogens (tertiary/aromatic N) is 2. The predicted octanol–water partition coefficient (Wildman–Crippen LogP) is 0.580. The second-order valence-corrected chi connectivity index (χ2v) is 5.80. The van der Waals surface area contributed by atoms with E-state index >= 15 is 0 Å². The van der Waals surface area contributed by atoms with Crippen molar-refractivity contribution in [2.75, 3.05) is 27.7 Å². The Morgan fingerprint density at radius 1 is 1.52 bits per heavy atom. The van der Waals surface area contributed by atoms with Gasteiger partial charge >= 0.3 is 0 Å². The van der Waals surface area contributed by atoms with Crippen molar-refractivity contribution in [2.24, 2.45) is 5.92 Å². The summed E-state index contributed by atoms with van der Waals surface area (Å²) in [7, 11) is 5.29. The molecule has 0 aromatic carbocycles. The third-order valence-electron chi connectivity index (χ3n) is 3.72. The van der Waals surface area contributed by atoms with Gasteiger partial charge in [0.15, 0.2) is 0 Å². The topological polar surface area (TPSA) is 74.7 Å². The van der Waals surface area contributed by atoms with Crippen LogP contribution in [0.5, 0.6) is 5.88 Å². The number of methoxy groups -OCH3 is 1. The Labute approximate surface area is 125 Å². The molecule has 1 fully saturated rings. The number of carbonyl (C=O) groups excluding carboxylic acids is 1. The number of pyridine rings is 1. The van der Waals surface area contributed by atoms with Crippen LogP contribution in [-0.4, -0.2) is 54.8 Å². The molecule has 1 unspecified atom stereocenters. The number of aliphatic hydroxyl groups is 1. The van der Waals surface area contributed by atoms with Gasteiger partial charge in [0.05, 0.1) is 25.8 Å². The van der Waals surface area contributed by atoms with Gasteiger partial charge in [0.2, 0.25) is 11.8 Å². The molecule has 1 saturated carbocycles. The summed E-state index contributed by atoms with van der Waals surface area (Å²) in [6.45, 7) is 0.343. The van der Waals surface area contributed by atoms with Crippen molar-refractivity contribution in [3.63, 3.8) is 0 Å². The molecule has 1 aliphatic carbocycles. The number of hydrogen-bond acceptors (Lipinski definition) is 5. The molecular formula is C15H23N3O3. The number of nitrogens with one attached hydrogen (secondary N) is 1. The number of likely N-dealkylation sites (N-methyl/N-ethyl adjacent to an activating group) is 1. The van der Waals surface area contributed by atoms with Gasteiger partial charge < -0.3 is 20.1 Å². The highest BCUT2D eigenvalue weighted by atomic mass is 16.5. The average molecular weight is 293 g/mol. The van der Waals surface area contributed by atoms with Gasteiger partial charge in [-0.2, -0.15) is 0 Å². The van der Waals surface area contributed by atoms with E-state index in [0.717, 1.165) is 5.56 Å². The third-order valence-corrected chi connectivity index (χ3v) is 3.72. The summed E-state index contributed by atoms with van der Waals surface area (Å²) in [5.41, 5.74) is 0.944. The van der Waals surface area contributed by atoms with Gasteiger partial charge in [0.1, 0.15) is 0 Å². The number of rotatable bonds is 6. The fourth-order valence-corrected chi connectivity index (χ4v) is 2.58. The average Bonchev–Trinajstić information content (AvgIpc) is 2.41. The molecule has 0 aliphatic heterocycles. The standard InChI is InChI=1S/C15H23N3O3/c1-18(2)9-13(20)17-15(11-6-12(19)7-11)10-4-5-14(21-3)16-8-10/h4-5,8,11-12,15,19H,6-7,9H2,1-3H3,(H,17,20). The van der Waals surface area contributed by atoms with Crippen LogP contribution >= 0.6 is 0 Å². The first-order chi connectivity index (χ1) is 9.99. The fraction of sp³-hybridized carbons (Fsp3) is 0.600. The Hall–Kier alpha value is -1.66. The Bertz CT molecular complexity index is 470. The fourth-order valence-electron chi connectivity index (χ4n) is 2.58. The van der Waals surface area contributed by atoms with Crippen LogP contribution in [0.2, 0.25) is 0 Å². The number of aromatic nitrogens is 1. The first-order valence-corrected chi connectivity index (χ1v) is 7.11. The highest BCUT2D eigenvalue weighted by molar-refractivity contribution is 5.78. The van der Waals surface area contributed by atoms with Crippen LogP contribution < -0.4 is 10.1 Å². The molecule has 0 spiro atoms. The number of carbonyl (C=O) groups is 1. The van der Waals surface area contributed by atoms with Crippen molar-refractivity contribution in [3.05, 3.63) is 23.9 Å². The van der Waals surface area contributed by atoms with Gasteiger partial charge in [-0.1, -0.05) is 6.07 Å². The van der Waals surface area contributed by atoms with Gasteiger partial charge in [-0.05, 0) is 38.4 Å². The van der Waals surface area contributed by atoms with E-state index in [9.17, 15) is 9.90 Å². The van der Waals surface area contributed by atoms with E-state index in [1.165, 1.54) is 0 Å². The molecule has 6 nitrogen and oxygen atoms in total. The van der Waals surface area contributed by atoms with Gasteiger partial charge in [-0.25, -0.2) is 4.98 Å². The maximum Gasteiger partial charge on any atom is 0.234 e. The van der Waals surface area contributed by atoms with Gasteiger partial charge in [-0.15, -0.1) is 0 Å². The maximum atomic E-state index is 12.0. The molecule has 0 saturated heterocycles. The Morgan fingerprint density at radius 3 is 2.71 bits per heavy atom. The van der Waals surface area contributed by atoms with Crippen molar-refractivity contribution in [1.29, 1.82) is 0 Å². The van der Waals surface area contributed by atoms with E-state index in [2.05, 4.69) is 10.3 Å². The summed E-state index contributed by atoms with van der Waals surface area (Å²) in [6, 6.07) is 3.59. The second kappa shape index (κ2) is 6.87. The smallest absolute Gasteiger partial charge is 0.234 e. The number of amides is 1. The van der Waals surface area contributed by atoms with Gasteiger partial charge in [0, 0.05) is 12.3 Å². The van der Waals surface area contributed by atoms with E-state index in [1.807, 2.05) is 25.1 Å². The van der Waals surface area contributed by atoms with Crippen molar-refractivity contribution < 1.29 is 14.6 Å². The third kappa shape index (κ3) is 4.15. The Kier molecular flexibility index (Phi) is 5.14. The predicted molar refractivity (Wildman–Crippen MR) is 79.0 cm³/mol. The molecule has 6 heteroatoms. The molecule has 0 radical (unpaired) electrons. The van der Waals surface area contributed by atoms with E-state index in [0.29, 0.717) is 25.3 Å². The number of ether oxygens (including phenoxy) is 1. The minimum Gasteiger partial charge on any atom is -0.481 e. The Balaban J connectivity index is 2.09. The van der Waals surface area contributed by atoms with E-state index < -0.39 is 0 Å². The highest BCUT2D eigenvalue weighted by Crippen LogP contribution is 2.38. The summed E-state index contributed by atoms with van der Waals surface area (Å²) >= 11 is 0. The second-order valence-electron chi connectivity index (χ2n) is 5.80. The normalized spacial score (nSPS) is 22.5. The molecule has 1 aliphatic rings. The quantitative estimate of drug-likeness (QED) is 0.802. The summed E-state index contributed by atoms with van der Waals surface area (Å²) in [4.78, 5) is 18.1. The number of aliphatic hydroxyl groups excluding tert-OH is 1. The van der Waals surface area contributed by atoms with Crippen molar-refractivity contribution >= 4 is 5.91 Å². The first-order valence-electron chi connectivity index (χ1n) is 7.11. The molecular weight excluding hydrogens is 270 g/mol. The molecule has 2 rings (SSSR count). The lowest BCUT2D eigenvalue weighted by atomic mass is 9.75. The van der Waals surface area contributed by atoms with E-state index in [1.54, 1.807) is 19.4 Å². The lowest BCUT2D eigenvalue weighted by molar-refractivity contribution is -0.123. The summed E-state index contributed by atoms with van der Waals surface area (Å²) in [6.07, 6.45) is 2.89. The zero-order chi connectivity index (χ0) is 15.4. The zero-order valence-electron chi connectivity index (χ0n) is 12.7. The largest absolute Gasteiger partial charge is 0.481 e. The molecule has 21 heavy (non-hydrogen) atoms. The SMILES string of the molecule is COc1ccc(C(NC(=O)CN(C)C)C2CC(O)C2)cn1. The van der Waals surface area contributed by atoms with E-state index in [-0.39, 0.29) is 24.0 Å². The van der Waals surface area contributed by atoms with Gasteiger partial charge in [-0.3, -0.25) is 4.79 Å². The molecule has 1 heterocycles. The molecule has 1 aromatic heterocycles. The highest BCUT2D eigenvalue weighted by Gasteiger charge is 2.35. The molecule has 2 N–H and O–H groups in total. The van der Waals surface area contributed by atoms with Gasteiger partial charge in [0.25, 0.3) is 0 Å². The number of hydrogen-bond donors (Lipinski definition) is 2. The van der Waals surface area contributed by atoms with Crippen molar-refractivity contribution in [3.8, 4) is 5.88 Å². The Morgan fingerprint density at radius 2 is 2.24 bits per heavy atom. The summed E-state index contributed by atoms with van der Waals surface area (Å²) < 4.78 is 5.06. The minimum atomic E-state index is -0.255. The van der Waals surface area contributed by atoms with Crippen LogP contribution in [0.1, 0.15) is 24.4 Å². The molecule has 1 amide bonds. The lowest BCUT2D eigenvalue weighted by Gasteiger charge is -2.38. The van der Waals surface area contributed by atoms with Crippen molar-refractivity contribution in [1.82, 2.24) is 15.2 Å². The molecule has 1 aromatic rings. The van der Waals surface area contributed by atoms with Crippen LogP contribution in [0.15, 0.2) is 18.3 Å². The lowest BCUT2D eigenvalue weighted by Crippen LogP contribution is -2.43. The monoisotopic (exact) mass is 293 g/mol. The zero-order valence-corrected chi connectivity index (χ0v) is 12.7. The summed E-state index contributed by atoms with van der Waals surface area (Å²) in [5, 5.41) is 12.6. The first kappa shape index (κ1) is 15.7. The van der Waals surface area contributed by atoms with Crippen LogP contribution in [0.25, 0.3) is 0 Å². The molecule has 1 atom stereocenters. The molecule has 0 bridgehead atoms. The van der Waals surface area contributed by atoms with Crippen LogP contribution in [-0.2, 0) is 4.79 Å². The minimum absolute atomic E-state index is 0.0257. The van der Waals surface area contributed by atoms with Crippen LogP contribution in [0.4, 0.5) is 0 Å². The van der Waals surface area contributed by atoms with Crippen LogP contribution in [0, 0.1) is 5.92 Å². The van der Waals surface area contributed by atoms with Crippen molar-refractivity contribution in [2.45, 2.75) is 25.0 Å². The maximum absolute atomic E-state index is 12.0. The molecule has 116 valence electrons. The summed E-state index contributed by atoms with van der Waals surface area (Å²) in [5.74, 6) is 0.772.